The lowest BCUT2D eigenvalue weighted by Crippen LogP contribution is -2.50. The Hall–Kier alpha value is -1.09. The van der Waals surface area contributed by atoms with Gasteiger partial charge in [0.15, 0.2) is 0 Å². The predicted molar refractivity (Wildman–Crippen MR) is 65.9 cm³/mol. The topological polar surface area (TPSA) is 35.5 Å². The van der Waals surface area contributed by atoms with Crippen molar-refractivity contribution in [1.29, 1.82) is 0 Å². The van der Waals surface area contributed by atoms with Crippen molar-refractivity contribution in [1.82, 2.24) is 0 Å². The molecule has 0 N–H and O–H groups in total. The summed E-state index contributed by atoms with van der Waals surface area (Å²) in [6.45, 7) is 4.82. The second-order valence-electron chi connectivity index (χ2n) is 6.31. The Morgan fingerprint density at radius 1 is 1.28 bits per heavy atom. The Labute approximate surface area is 107 Å². The molecule has 0 amide bonds. The second-order valence-corrected chi connectivity index (χ2v) is 6.31. The highest BCUT2D eigenvalue weighted by molar-refractivity contribution is 5.84. The highest BCUT2D eigenvalue weighted by Crippen LogP contribution is 2.63. The number of carbonyl (C=O) groups excluding carboxylic acids is 1. The lowest BCUT2D eigenvalue weighted by Gasteiger charge is -2.42. The Kier molecular flexibility index (Phi) is 1.85. The number of carbonyl (C=O) groups is 1. The first kappa shape index (κ1) is 10.8. The van der Waals surface area contributed by atoms with E-state index in [0.29, 0.717) is 6.61 Å². The predicted octanol–water partition coefficient (Wildman–Crippen LogP) is 2.37. The average molecular weight is 246 g/mol. The minimum atomic E-state index is -0.513. The average Bonchev–Trinajstić information content (AvgIpc) is 2.71. The molecule has 0 saturated carbocycles. The number of allylic oxidation sites excluding steroid dienone is 1. The zero-order valence-corrected chi connectivity index (χ0v) is 10.9. The molecular formula is C15H18O3. The molecule has 2 saturated heterocycles. The second kappa shape index (κ2) is 3.08. The van der Waals surface area contributed by atoms with Crippen molar-refractivity contribution in [2.24, 2.45) is 11.3 Å². The van der Waals surface area contributed by atoms with Crippen LogP contribution in [0.15, 0.2) is 23.3 Å². The monoisotopic (exact) mass is 246 g/mol. The Morgan fingerprint density at radius 3 is 2.89 bits per heavy atom. The fourth-order valence-corrected chi connectivity index (χ4v) is 4.51. The van der Waals surface area contributed by atoms with Gasteiger partial charge in [0.2, 0.25) is 0 Å². The summed E-state index contributed by atoms with van der Waals surface area (Å²) >= 11 is 0. The third-order valence-electron chi connectivity index (χ3n) is 5.24. The summed E-state index contributed by atoms with van der Waals surface area (Å²) in [5.41, 5.74) is 1.72. The Balaban J connectivity index is 1.99. The van der Waals surface area contributed by atoms with Gasteiger partial charge in [0.25, 0.3) is 0 Å². The van der Waals surface area contributed by atoms with E-state index in [4.69, 9.17) is 9.47 Å². The highest BCUT2D eigenvalue weighted by Gasteiger charge is 2.72. The SMILES string of the molecule is CC1=C[C@]23C=C(C)C[C@H](O2)[C@H]2COC(=O)[C@]23CC1. The zero-order chi connectivity index (χ0) is 12.5. The molecule has 3 aliphatic heterocycles. The molecule has 2 bridgehead atoms. The molecule has 0 aromatic carbocycles. The van der Waals surface area contributed by atoms with Crippen LogP contribution in [-0.4, -0.2) is 24.3 Å². The molecular weight excluding hydrogens is 228 g/mol. The molecule has 3 heteroatoms. The van der Waals surface area contributed by atoms with Crippen LogP contribution in [0.1, 0.15) is 33.1 Å². The minimum Gasteiger partial charge on any atom is -0.465 e. The van der Waals surface area contributed by atoms with Crippen molar-refractivity contribution in [3.63, 3.8) is 0 Å². The molecule has 3 nitrogen and oxygen atoms in total. The van der Waals surface area contributed by atoms with Crippen LogP contribution in [0.25, 0.3) is 0 Å². The van der Waals surface area contributed by atoms with Crippen molar-refractivity contribution in [3.05, 3.63) is 23.3 Å². The molecule has 0 aromatic rings. The third kappa shape index (κ3) is 0.993. The van der Waals surface area contributed by atoms with Crippen LogP contribution in [0.3, 0.4) is 0 Å². The van der Waals surface area contributed by atoms with Crippen LogP contribution in [-0.2, 0) is 14.3 Å². The summed E-state index contributed by atoms with van der Waals surface area (Å²) < 4.78 is 11.7. The molecule has 3 heterocycles. The number of rotatable bonds is 0. The lowest BCUT2D eigenvalue weighted by atomic mass is 9.61. The maximum Gasteiger partial charge on any atom is 0.316 e. The van der Waals surface area contributed by atoms with Crippen molar-refractivity contribution in [2.45, 2.75) is 44.8 Å². The van der Waals surface area contributed by atoms with E-state index in [1.54, 1.807) is 0 Å². The van der Waals surface area contributed by atoms with Crippen molar-refractivity contribution in [3.8, 4) is 0 Å². The van der Waals surface area contributed by atoms with Crippen molar-refractivity contribution >= 4 is 5.97 Å². The number of esters is 1. The van der Waals surface area contributed by atoms with E-state index in [1.165, 1.54) is 11.1 Å². The maximum absolute atomic E-state index is 12.4. The molecule has 4 atom stereocenters. The van der Waals surface area contributed by atoms with E-state index in [9.17, 15) is 4.79 Å². The van der Waals surface area contributed by atoms with Gasteiger partial charge in [-0.15, -0.1) is 0 Å². The standard InChI is InChI=1S/C15H18O3/c1-9-3-4-15-11(8-17-13(15)16)12-5-10(2)7-14(15,6-9)18-12/h6-7,11-12H,3-5,8H2,1-2H3/t11-,12+,14-,15+/m1/s1. The van der Waals surface area contributed by atoms with E-state index in [-0.39, 0.29) is 18.0 Å². The highest BCUT2D eigenvalue weighted by atomic mass is 16.6. The molecule has 0 radical (unpaired) electrons. The van der Waals surface area contributed by atoms with Gasteiger partial charge in [-0.25, -0.2) is 0 Å². The molecule has 0 aromatic heterocycles. The summed E-state index contributed by atoms with van der Waals surface area (Å²) in [6.07, 6.45) is 7.31. The molecule has 96 valence electrons. The molecule has 18 heavy (non-hydrogen) atoms. The first-order valence-corrected chi connectivity index (χ1v) is 6.79. The number of fused-ring (bicyclic) bond motifs is 2. The van der Waals surface area contributed by atoms with Crippen molar-refractivity contribution < 1.29 is 14.3 Å². The number of cyclic esters (lactones) is 1. The number of ether oxygens (including phenoxy) is 2. The summed E-state index contributed by atoms with van der Waals surface area (Å²) in [4.78, 5) is 12.4. The van der Waals surface area contributed by atoms with E-state index in [0.717, 1.165) is 19.3 Å². The van der Waals surface area contributed by atoms with Crippen LogP contribution < -0.4 is 0 Å². The van der Waals surface area contributed by atoms with Crippen LogP contribution in [0.2, 0.25) is 0 Å². The van der Waals surface area contributed by atoms with Gasteiger partial charge in [-0.05, 0) is 45.3 Å². The van der Waals surface area contributed by atoms with E-state index in [1.807, 2.05) is 0 Å². The summed E-state index contributed by atoms with van der Waals surface area (Å²) in [7, 11) is 0. The van der Waals surface area contributed by atoms with Gasteiger partial charge in [-0.3, -0.25) is 4.79 Å². The van der Waals surface area contributed by atoms with Crippen LogP contribution in [0.4, 0.5) is 0 Å². The molecule has 0 unspecified atom stereocenters. The van der Waals surface area contributed by atoms with Gasteiger partial charge >= 0.3 is 5.97 Å². The summed E-state index contributed by atoms with van der Waals surface area (Å²) in [5, 5.41) is 0. The van der Waals surface area contributed by atoms with Gasteiger partial charge in [-0.2, -0.15) is 0 Å². The van der Waals surface area contributed by atoms with Gasteiger partial charge in [0.1, 0.15) is 11.0 Å². The minimum absolute atomic E-state index is 0.0373. The van der Waals surface area contributed by atoms with Gasteiger partial charge < -0.3 is 9.47 Å². The van der Waals surface area contributed by atoms with Gasteiger partial charge in [-0.1, -0.05) is 11.1 Å². The first-order chi connectivity index (χ1) is 8.57. The molecule has 4 aliphatic rings. The van der Waals surface area contributed by atoms with Crippen molar-refractivity contribution in [2.75, 3.05) is 6.61 Å². The smallest absolute Gasteiger partial charge is 0.316 e. The van der Waals surface area contributed by atoms with Gasteiger partial charge in [0, 0.05) is 5.92 Å². The Morgan fingerprint density at radius 2 is 2.06 bits per heavy atom. The molecule has 2 spiro atoms. The first-order valence-electron chi connectivity index (χ1n) is 6.79. The van der Waals surface area contributed by atoms with Gasteiger partial charge in [0.05, 0.1) is 12.7 Å². The number of hydrogen-bond acceptors (Lipinski definition) is 3. The third-order valence-corrected chi connectivity index (χ3v) is 5.24. The maximum atomic E-state index is 12.4. The van der Waals surface area contributed by atoms with E-state index in [2.05, 4.69) is 26.0 Å². The van der Waals surface area contributed by atoms with Crippen LogP contribution >= 0.6 is 0 Å². The van der Waals surface area contributed by atoms with Crippen LogP contribution in [0, 0.1) is 11.3 Å². The van der Waals surface area contributed by atoms with E-state index >= 15 is 0 Å². The number of hydrogen-bond donors (Lipinski definition) is 0. The summed E-state index contributed by atoms with van der Waals surface area (Å²) in [5.74, 6) is 0.202. The molecule has 1 aliphatic carbocycles. The fourth-order valence-electron chi connectivity index (χ4n) is 4.51. The molecule has 4 rings (SSSR count). The Bertz CT molecular complexity index is 500. The largest absolute Gasteiger partial charge is 0.465 e. The molecule has 2 fully saturated rings. The van der Waals surface area contributed by atoms with Crippen LogP contribution in [0.5, 0.6) is 0 Å². The summed E-state index contributed by atoms with van der Waals surface area (Å²) in [6, 6.07) is 0. The quantitative estimate of drug-likeness (QED) is 0.486. The van der Waals surface area contributed by atoms with E-state index < -0.39 is 11.0 Å². The zero-order valence-electron chi connectivity index (χ0n) is 10.9. The fraction of sp³-hybridized carbons (Fsp3) is 0.667. The lowest BCUT2D eigenvalue weighted by molar-refractivity contribution is -0.155. The normalized spacial score (nSPS) is 49.1.